The molecule has 0 unspecified atom stereocenters. The first-order valence-corrected chi connectivity index (χ1v) is 4.86. The van der Waals surface area contributed by atoms with Gasteiger partial charge in [-0.05, 0) is 39.0 Å². The van der Waals surface area contributed by atoms with Crippen LogP contribution < -0.4 is 5.73 Å². The average Bonchev–Trinajstić information content (AvgIpc) is 2.15. The van der Waals surface area contributed by atoms with Gasteiger partial charge in [-0.2, -0.15) is 5.26 Å². The van der Waals surface area contributed by atoms with Crippen LogP contribution in [0.4, 0.5) is 5.69 Å². The third kappa shape index (κ3) is 2.99. The summed E-state index contributed by atoms with van der Waals surface area (Å²) in [4.78, 5) is 11.8. The van der Waals surface area contributed by atoms with Crippen LogP contribution in [-0.2, 0) is 4.74 Å². The summed E-state index contributed by atoms with van der Waals surface area (Å²) < 4.78 is 5.18. The summed E-state index contributed by atoms with van der Waals surface area (Å²) in [6, 6.07) is 6.47. The Kier molecular flexibility index (Phi) is 3.19. The molecule has 0 radical (unpaired) electrons. The van der Waals surface area contributed by atoms with Gasteiger partial charge in [-0.1, -0.05) is 0 Å². The van der Waals surface area contributed by atoms with E-state index in [1.165, 1.54) is 12.1 Å². The van der Waals surface area contributed by atoms with Gasteiger partial charge in [-0.15, -0.1) is 0 Å². The smallest absolute Gasteiger partial charge is 0.340 e. The fourth-order valence-electron chi connectivity index (χ4n) is 1.16. The maximum atomic E-state index is 11.8. The van der Waals surface area contributed by atoms with Gasteiger partial charge in [0.1, 0.15) is 11.7 Å². The van der Waals surface area contributed by atoms with Crippen LogP contribution in [0.15, 0.2) is 18.2 Å². The zero-order valence-electron chi connectivity index (χ0n) is 9.57. The van der Waals surface area contributed by atoms with E-state index in [1.807, 2.05) is 6.07 Å². The van der Waals surface area contributed by atoms with Crippen molar-refractivity contribution in [3.8, 4) is 6.07 Å². The molecule has 0 aliphatic heterocycles. The number of nitriles is 1. The Morgan fingerprint density at radius 3 is 2.56 bits per heavy atom. The minimum Gasteiger partial charge on any atom is -0.456 e. The Bertz CT molecular complexity index is 453. The van der Waals surface area contributed by atoms with Crippen molar-refractivity contribution in [1.82, 2.24) is 0 Å². The van der Waals surface area contributed by atoms with E-state index in [1.54, 1.807) is 26.8 Å². The molecule has 0 aromatic heterocycles. The minimum absolute atomic E-state index is 0.206. The standard InChI is InChI=1S/C12H14N2O2/c1-12(2,3)16-11(15)10-6-9(14)5-4-8(10)7-13/h4-6H,14H2,1-3H3. The number of hydrogen-bond acceptors (Lipinski definition) is 4. The van der Waals surface area contributed by atoms with Gasteiger partial charge >= 0.3 is 5.97 Å². The number of ether oxygens (including phenoxy) is 1. The molecule has 0 saturated heterocycles. The molecule has 84 valence electrons. The average molecular weight is 218 g/mol. The Hall–Kier alpha value is -2.02. The van der Waals surface area contributed by atoms with Gasteiger partial charge in [0.15, 0.2) is 0 Å². The summed E-state index contributed by atoms with van der Waals surface area (Å²) in [5.74, 6) is -0.531. The van der Waals surface area contributed by atoms with Crippen molar-refractivity contribution < 1.29 is 9.53 Å². The molecule has 0 saturated carbocycles. The largest absolute Gasteiger partial charge is 0.456 e. The summed E-state index contributed by atoms with van der Waals surface area (Å²) in [7, 11) is 0. The quantitative estimate of drug-likeness (QED) is 0.578. The van der Waals surface area contributed by atoms with Crippen LogP contribution in [0, 0.1) is 11.3 Å². The summed E-state index contributed by atoms with van der Waals surface area (Å²) in [6.07, 6.45) is 0. The first kappa shape index (κ1) is 12.1. The Morgan fingerprint density at radius 1 is 1.44 bits per heavy atom. The van der Waals surface area contributed by atoms with E-state index in [-0.39, 0.29) is 11.1 Å². The predicted molar refractivity (Wildman–Crippen MR) is 60.7 cm³/mol. The van der Waals surface area contributed by atoms with E-state index in [4.69, 9.17) is 15.7 Å². The zero-order chi connectivity index (χ0) is 12.3. The summed E-state index contributed by atoms with van der Waals surface area (Å²) in [6.45, 7) is 5.30. The molecule has 0 amide bonds. The molecule has 0 spiro atoms. The maximum Gasteiger partial charge on any atom is 0.340 e. The van der Waals surface area contributed by atoms with Crippen LogP contribution in [0.2, 0.25) is 0 Å². The van der Waals surface area contributed by atoms with Gasteiger partial charge < -0.3 is 10.5 Å². The van der Waals surface area contributed by atoms with Crippen LogP contribution in [0.25, 0.3) is 0 Å². The normalized spacial score (nSPS) is 10.6. The molecule has 0 aliphatic rings. The van der Waals surface area contributed by atoms with E-state index in [0.29, 0.717) is 5.69 Å². The van der Waals surface area contributed by atoms with Crippen molar-refractivity contribution in [3.05, 3.63) is 29.3 Å². The van der Waals surface area contributed by atoms with Crippen LogP contribution >= 0.6 is 0 Å². The fourth-order valence-corrected chi connectivity index (χ4v) is 1.16. The molecular formula is C12H14N2O2. The minimum atomic E-state index is -0.589. The number of nitrogen functional groups attached to an aromatic ring is 1. The number of esters is 1. The molecule has 4 heteroatoms. The van der Waals surface area contributed by atoms with Crippen molar-refractivity contribution in [2.75, 3.05) is 5.73 Å². The van der Waals surface area contributed by atoms with Gasteiger partial charge in [0.2, 0.25) is 0 Å². The van der Waals surface area contributed by atoms with Crippen molar-refractivity contribution in [2.45, 2.75) is 26.4 Å². The van der Waals surface area contributed by atoms with E-state index in [9.17, 15) is 4.79 Å². The van der Waals surface area contributed by atoms with Gasteiger partial charge in [-0.3, -0.25) is 0 Å². The number of carbonyl (C=O) groups excluding carboxylic acids is 1. The second-order valence-electron chi connectivity index (χ2n) is 4.42. The molecule has 0 aliphatic carbocycles. The fraction of sp³-hybridized carbons (Fsp3) is 0.333. The number of nitrogens with zero attached hydrogens (tertiary/aromatic N) is 1. The molecule has 1 aromatic rings. The SMILES string of the molecule is CC(C)(C)OC(=O)c1cc(N)ccc1C#N. The van der Waals surface area contributed by atoms with Crippen LogP contribution in [0.1, 0.15) is 36.7 Å². The van der Waals surface area contributed by atoms with Gasteiger partial charge in [0, 0.05) is 5.69 Å². The van der Waals surface area contributed by atoms with Crippen molar-refractivity contribution in [2.24, 2.45) is 0 Å². The lowest BCUT2D eigenvalue weighted by molar-refractivity contribution is 0.00693. The number of benzene rings is 1. The van der Waals surface area contributed by atoms with E-state index < -0.39 is 11.6 Å². The third-order valence-electron chi connectivity index (χ3n) is 1.78. The highest BCUT2D eigenvalue weighted by atomic mass is 16.6. The van der Waals surface area contributed by atoms with Crippen LogP contribution in [0.5, 0.6) is 0 Å². The zero-order valence-corrected chi connectivity index (χ0v) is 9.57. The molecular weight excluding hydrogens is 204 g/mol. The number of hydrogen-bond donors (Lipinski definition) is 1. The lowest BCUT2D eigenvalue weighted by Gasteiger charge is -2.19. The highest BCUT2D eigenvalue weighted by Crippen LogP contribution is 2.17. The Labute approximate surface area is 94.6 Å². The van der Waals surface area contributed by atoms with E-state index >= 15 is 0 Å². The summed E-state index contributed by atoms with van der Waals surface area (Å²) in [5.41, 5.74) is 5.88. The van der Waals surface area contributed by atoms with Crippen LogP contribution in [0.3, 0.4) is 0 Å². The molecule has 4 nitrogen and oxygen atoms in total. The second-order valence-corrected chi connectivity index (χ2v) is 4.42. The van der Waals surface area contributed by atoms with Crippen LogP contribution in [-0.4, -0.2) is 11.6 Å². The number of nitrogens with two attached hydrogens (primary N) is 1. The van der Waals surface area contributed by atoms with E-state index in [2.05, 4.69) is 0 Å². The van der Waals surface area contributed by atoms with Gasteiger partial charge in [-0.25, -0.2) is 4.79 Å². The lowest BCUT2D eigenvalue weighted by atomic mass is 10.1. The Morgan fingerprint density at radius 2 is 2.06 bits per heavy atom. The molecule has 2 N–H and O–H groups in total. The van der Waals surface area contributed by atoms with Crippen molar-refractivity contribution in [3.63, 3.8) is 0 Å². The van der Waals surface area contributed by atoms with Crippen molar-refractivity contribution in [1.29, 1.82) is 5.26 Å². The Balaban J connectivity index is 3.08. The molecule has 0 fully saturated rings. The molecule has 0 bridgehead atoms. The summed E-state index contributed by atoms with van der Waals surface area (Å²) >= 11 is 0. The maximum absolute atomic E-state index is 11.8. The lowest BCUT2D eigenvalue weighted by Crippen LogP contribution is -2.24. The number of rotatable bonds is 1. The molecule has 0 atom stereocenters. The number of carbonyl (C=O) groups is 1. The number of anilines is 1. The molecule has 1 rings (SSSR count). The molecule has 16 heavy (non-hydrogen) atoms. The monoisotopic (exact) mass is 218 g/mol. The van der Waals surface area contributed by atoms with Gasteiger partial charge in [0.25, 0.3) is 0 Å². The third-order valence-corrected chi connectivity index (χ3v) is 1.78. The van der Waals surface area contributed by atoms with Gasteiger partial charge in [0.05, 0.1) is 11.1 Å². The molecule has 1 aromatic carbocycles. The molecule has 0 heterocycles. The van der Waals surface area contributed by atoms with Crippen molar-refractivity contribution >= 4 is 11.7 Å². The first-order chi connectivity index (χ1) is 7.33. The van der Waals surface area contributed by atoms with E-state index in [0.717, 1.165) is 0 Å². The second kappa shape index (κ2) is 4.23. The highest BCUT2D eigenvalue weighted by molar-refractivity contribution is 5.93. The highest BCUT2D eigenvalue weighted by Gasteiger charge is 2.20. The first-order valence-electron chi connectivity index (χ1n) is 4.86. The predicted octanol–water partition coefficient (Wildman–Crippen LogP) is 2.10. The topological polar surface area (TPSA) is 76.1 Å². The summed E-state index contributed by atoms with van der Waals surface area (Å²) in [5, 5.41) is 8.86.